The number of nitrogens with zero attached hydrogens (tertiary/aromatic N) is 2. The number of hydrogen-bond donors (Lipinski definition) is 0. The minimum atomic E-state index is 0.455. The molecule has 0 atom stereocenters. The highest BCUT2D eigenvalue weighted by Crippen LogP contribution is 2.28. The largest absolute Gasteiger partial charge is 0.327 e. The molecule has 4 heteroatoms. The summed E-state index contributed by atoms with van der Waals surface area (Å²) in [5.41, 5.74) is 2.11. The molecule has 0 spiro atoms. The molecule has 1 saturated carbocycles. The average Bonchev–Trinajstić information content (AvgIpc) is 2.83. The Morgan fingerprint density at radius 2 is 2.00 bits per heavy atom. The fourth-order valence-electron chi connectivity index (χ4n) is 3.28. The van der Waals surface area contributed by atoms with Gasteiger partial charge in [-0.2, -0.15) is 0 Å². The summed E-state index contributed by atoms with van der Waals surface area (Å²) in [6.45, 7) is 1.00. The van der Waals surface area contributed by atoms with Crippen LogP contribution in [0.3, 0.4) is 0 Å². The molecule has 1 fully saturated rings. The lowest BCUT2D eigenvalue weighted by atomic mass is 9.87. The van der Waals surface area contributed by atoms with Crippen LogP contribution < -0.4 is 0 Å². The van der Waals surface area contributed by atoms with Gasteiger partial charge in [0.05, 0.1) is 16.9 Å². The maximum atomic E-state index is 6.12. The van der Waals surface area contributed by atoms with Crippen LogP contribution in [0.4, 0.5) is 0 Å². The Hall–Kier alpha value is -0.730. The molecule has 0 bridgehead atoms. The summed E-state index contributed by atoms with van der Waals surface area (Å²) < 4.78 is 2.25. The van der Waals surface area contributed by atoms with Crippen LogP contribution in [0.1, 0.15) is 44.3 Å². The van der Waals surface area contributed by atoms with E-state index in [0.717, 1.165) is 34.3 Å². The summed E-state index contributed by atoms with van der Waals surface area (Å²) in [5, 5.41) is 0.762. The first-order valence-electron chi connectivity index (χ1n) is 7.48. The monoisotopic (exact) mass is 310 g/mol. The van der Waals surface area contributed by atoms with E-state index in [1.807, 2.05) is 18.2 Å². The zero-order chi connectivity index (χ0) is 13.9. The topological polar surface area (TPSA) is 17.8 Å². The number of alkyl halides is 1. The Morgan fingerprint density at radius 1 is 1.20 bits per heavy atom. The Bertz CT molecular complexity index is 585. The molecule has 0 amide bonds. The van der Waals surface area contributed by atoms with Crippen molar-refractivity contribution in [1.82, 2.24) is 9.55 Å². The van der Waals surface area contributed by atoms with Gasteiger partial charge in [-0.15, -0.1) is 11.6 Å². The molecule has 0 aliphatic heterocycles. The van der Waals surface area contributed by atoms with E-state index in [2.05, 4.69) is 9.55 Å². The van der Waals surface area contributed by atoms with E-state index in [1.54, 1.807) is 0 Å². The van der Waals surface area contributed by atoms with Gasteiger partial charge in [0.2, 0.25) is 0 Å². The molecule has 1 aliphatic carbocycles. The highest BCUT2D eigenvalue weighted by Gasteiger charge is 2.16. The van der Waals surface area contributed by atoms with E-state index in [0.29, 0.717) is 5.88 Å². The minimum Gasteiger partial charge on any atom is -0.327 e. The summed E-state index contributed by atoms with van der Waals surface area (Å²) in [6.07, 6.45) is 8.18. The quantitative estimate of drug-likeness (QED) is 0.691. The second-order valence-electron chi connectivity index (χ2n) is 5.74. The second-order valence-corrected chi connectivity index (χ2v) is 6.44. The van der Waals surface area contributed by atoms with Gasteiger partial charge in [-0.3, -0.25) is 0 Å². The van der Waals surface area contributed by atoms with Crippen LogP contribution in [0.25, 0.3) is 11.0 Å². The van der Waals surface area contributed by atoms with Crippen LogP contribution in [0, 0.1) is 5.92 Å². The van der Waals surface area contributed by atoms with Crippen molar-refractivity contribution in [3.63, 3.8) is 0 Å². The number of hydrogen-bond acceptors (Lipinski definition) is 1. The van der Waals surface area contributed by atoms with Crippen LogP contribution in [-0.2, 0) is 12.4 Å². The first kappa shape index (κ1) is 14.2. The standard InChI is InChI=1S/C16H20Cl2N2/c17-11-16-19-14-7-6-13(18)10-15(14)20(16)9-8-12-4-2-1-3-5-12/h6-7,10,12H,1-5,8-9,11H2. The van der Waals surface area contributed by atoms with Gasteiger partial charge in [0.1, 0.15) is 5.82 Å². The summed E-state index contributed by atoms with van der Waals surface area (Å²) in [7, 11) is 0. The number of halogens is 2. The Balaban J connectivity index is 1.83. The van der Waals surface area contributed by atoms with E-state index in [9.17, 15) is 0 Å². The molecule has 0 N–H and O–H groups in total. The van der Waals surface area contributed by atoms with Crippen molar-refractivity contribution in [2.75, 3.05) is 0 Å². The van der Waals surface area contributed by atoms with Crippen LogP contribution in [0.15, 0.2) is 18.2 Å². The molecule has 0 unspecified atom stereocenters. The van der Waals surface area contributed by atoms with E-state index < -0.39 is 0 Å². The number of fused-ring (bicyclic) bond motifs is 1. The van der Waals surface area contributed by atoms with Crippen molar-refractivity contribution >= 4 is 34.2 Å². The normalized spacial score (nSPS) is 16.9. The molecule has 0 radical (unpaired) electrons. The fourth-order valence-corrected chi connectivity index (χ4v) is 3.66. The molecule has 20 heavy (non-hydrogen) atoms. The number of aryl methyl sites for hydroxylation is 1. The lowest BCUT2D eigenvalue weighted by Gasteiger charge is -2.22. The number of benzene rings is 1. The maximum absolute atomic E-state index is 6.12. The molecular formula is C16H20Cl2N2. The Kier molecular flexibility index (Phi) is 4.52. The predicted octanol–water partition coefficient (Wildman–Crippen LogP) is 5.40. The number of imidazole rings is 1. The molecule has 2 nitrogen and oxygen atoms in total. The molecule has 1 aromatic heterocycles. The number of rotatable bonds is 4. The molecular weight excluding hydrogens is 291 g/mol. The predicted molar refractivity (Wildman–Crippen MR) is 85.5 cm³/mol. The summed E-state index contributed by atoms with van der Waals surface area (Å²) in [5.74, 6) is 2.28. The van der Waals surface area contributed by atoms with E-state index in [1.165, 1.54) is 38.5 Å². The third kappa shape index (κ3) is 2.96. The van der Waals surface area contributed by atoms with Gasteiger partial charge in [-0.25, -0.2) is 4.98 Å². The molecule has 108 valence electrons. The second kappa shape index (κ2) is 6.36. The Morgan fingerprint density at radius 3 is 2.75 bits per heavy atom. The highest BCUT2D eigenvalue weighted by molar-refractivity contribution is 6.31. The first-order valence-corrected chi connectivity index (χ1v) is 8.40. The van der Waals surface area contributed by atoms with Gasteiger partial charge < -0.3 is 4.57 Å². The average molecular weight is 311 g/mol. The van der Waals surface area contributed by atoms with Gasteiger partial charge in [-0.1, -0.05) is 43.7 Å². The van der Waals surface area contributed by atoms with Gasteiger partial charge in [0.25, 0.3) is 0 Å². The molecule has 2 aromatic rings. The van der Waals surface area contributed by atoms with Crippen molar-refractivity contribution in [2.24, 2.45) is 5.92 Å². The van der Waals surface area contributed by atoms with Crippen molar-refractivity contribution in [3.8, 4) is 0 Å². The third-order valence-corrected chi connectivity index (χ3v) is 4.87. The van der Waals surface area contributed by atoms with Crippen molar-refractivity contribution in [1.29, 1.82) is 0 Å². The van der Waals surface area contributed by atoms with Crippen LogP contribution in [-0.4, -0.2) is 9.55 Å². The summed E-state index contributed by atoms with van der Waals surface area (Å²) in [6, 6.07) is 5.87. The molecule has 1 heterocycles. The van der Waals surface area contributed by atoms with E-state index in [-0.39, 0.29) is 0 Å². The van der Waals surface area contributed by atoms with Gasteiger partial charge in [-0.05, 0) is 30.5 Å². The van der Waals surface area contributed by atoms with Gasteiger partial charge >= 0.3 is 0 Å². The first-order chi connectivity index (χ1) is 9.78. The minimum absolute atomic E-state index is 0.455. The van der Waals surface area contributed by atoms with Crippen LogP contribution in [0.2, 0.25) is 5.02 Å². The maximum Gasteiger partial charge on any atom is 0.124 e. The zero-order valence-electron chi connectivity index (χ0n) is 11.6. The van der Waals surface area contributed by atoms with Gasteiger partial charge in [0.15, 0.2) is 0 Å². The van der Waals surface area contributed by atoms with Crippen LogP contribution in [0.5, 0.6) is 0 Å². The summed E-state index contributed by atoms with van der Waals surface area (Å²) in [4.78, 5) is 4.61. The smallest absolute Gasteiger partial charge is 0.124 e. The fraction of sp³-hybridized carbons (Fsp3) is 0.562. The van der Waals surface area contributed by atoms with Gasteiger partial charge in [0, 0.05) is 11.6 Å². The van der Waals surface area contributed by atoms with E-state index in [4.69, 9.17) is 23.2 Å². The van der Waals surface area contributed by atoms with Crippen molar-refractivity contribution in [2.45, 2.75) is 50.9 Å². The third-order valence-electron chi connectivity index (χ3n) is 4.39. The summed E-state index contributed by atoms with van der Waals surface area (Å²) >= 11 is 12.2. The molecule has 3 rings (SSSR count). The molecule has 0 saturated heterocycles. The Labute approximate surface area is 130 Å². The van der Waals surface area contributed by atoms with Crippen molar-refractivity contribution < 1.29 is 0 Å². The lowest BCUT2D eigenvalue weighted by Crippen LogP contribution is -2.11. The SMILES string of the molecule is ClCc1nc2ccc(Cl)cc2n1CCC1CCCCC1. The van der Waals surface area contributed by atoms with Crippen molar-refractivity contribution in [3.05, 3.63) is 29.0 Å². The highest BCUT2D eigenvalue weighted by atomic mass is 35.5. The molecule has 1 aromatic carbocycles. The van der Waals surface area contributed by atoms with Crippen LogP contribution >= 0.6 is 23.2 Å². The zero-order valence-corrected chi connectivity index (χ0v) is 13.1. The van der Waals surface area contributed by atoms with E-state index >= 15 is 0 Å². The number of aromatic nitrogens is 2. The molecule has 1 aliphatic rings. The lowest BCUT2D eigenvalue weighted by molar-refractivity contribution is 0.324.